The van der Waals surface area contributed by atoms with E-state index in [1.165, 1.54) is 48.0 Å². The maximum absolute atomic E-state index is 10.6. The first-order chi connectivity index (χ1) is 26.9. The van der Waals surface area contributed by atoms with Crippen LogP contribution >= 0.6 is 0 Å². The highest BCUT2D eigenvalue weighted by Crippen LogP contribution is 2.65. The molecule has 5 N–H and O–H groups in total. The summed E-state index contributed by atoms with van der Waals surface area (Å²) in [5.41, 5.74) is 6.07. The lowest BCUT2D eigenvalue weighted by Gasteiger charge is -2.57. The Labute approximate surface area is 353 Å². The van der Waals surface area contributed by atoms with Gasteiger partial charge in [0.1, 0.15) is 0 Å². The minimum Gasteiger partial charge on any atom is -0.396 e. The van der Waals surface area contributed by atoms with Gasteiger partial charge in [0.25, 0.3) is 0 Å². The Bertz CT molecular complexity index is 1550. The van der Waals surface area contributed by atoms with Crippen molar-refractivity contribution in [3.05, 3.63) is 83.9 Å². The van der Waals surface area contributed by atoms with Gasteiger partial charge in [-0.05, 0) is 168 Å². The molecule has 0 unspecified atom stereocenters. The normalized spacial score (nSPS) is 42.0. The highest BCUT2D eigenvalue weighted by atomic mass is 16.3. The molecule has 58 heavy (non-hydrogen) atoms. The van der Waals surface area contributed by atoms with Crippen molar-refractivity contribution in [1.29, 1.82) is 0 Å². The van der Waals surface area contributed by atoms with Gasteiger partial charge in [-0.25, -0.2) is 0 Å². The van der Waals surface area contributed by atoms with Crippen molar-refractivity contribution in [3.8, 4) is 0 Å². The van der Waals surface area contributed by atoms with Crippen LogP contribution in [0.2, 0.25) is 0 Å². The molecule has 4 saturated carbocycles. The Morgan fingerprint density at radius 1 is 0.517 bits per heavy atom. The molecule has 5 heteroatoms. The van der Waals surface area contributed by atoms with Crippen LogP contribution in [0.3, 0.4) is 0 Å². The lowest BCUT2D eigenvalue weighted by molar-refractivity contribution is -0.103. The summed E-state index contributed by atoms with van der Waals surface area (Å²) in [6.07, 6.45) is 17.3. The first-order valence-electron chi connectivity index (χ1n) is 22.5. The van der Waals surface area contributed by atoms with Gasteiger partial charge in [0, 0.05) is 26.4 Å². The zero-order valence-electron chi connectivity index (χ0n) is 35.3. The summed E-state index contributed by atoms with van der Waals surface area (Å²) in [4.78, 5) is 0. The zero-order valence-corrected chi connectivity index (χ0v) is 35.3. The maximum Gasteiger partial charge on any atom is 0.0544 e. The summed E-state index contributed by atoms with van der Waals surface area (Å²) in [7, 11) is 0. The number of aliphatic hydroxyl groups is 5. The Morgan fingerprint density at radius 2 is 0.931 bits per heavy atom. The van der Waals surface area contributed by atoms with E-state index in [9.17, 15) is 25.5 Å². The Hall–Kier alpha value is -2.28. The lowest BCUT2D eigenvalue weighted by atomic mass is 9.48. The van der Waals surface area contributed by atoms with Crippen molar-refractivity contribution in [2.45, 2.75) is 133 Å². The third-order valence-corrected chi connectivity index (χ3v) is 18.1. The van der Waals surface area contributed by atoms with Gasteiger partial charge >= 0.3 is 0 Å². The van der Waals surface area contributed by atoms with Crippen molar-refractivity contribution in [2.24, 2.45) is 74.9 Å². The largest absolute Gasteiger partial charge is 0.396 e. The number of hydrogen-bond acceptors (Lipinski definition) is 5. The molecule has 0 bridgehead atoms. The second-order valence-corrected chi connectivity index (χ2v) is 20.5. The van der Waals surface area contributed by atoms with Gasteiger partial charge in [0.05, 0.1) is 6.10 Å². The van der Waals surface area contributed by atoms with Crippen LogP contribution < -0.4 is 0 Å². The van der Waals surface area contributed by atoms with Gasteiger partial charge in [-0.1, -0.05) is 129 Å². The molecule has 5 nitrogen and oxygen atoms in total. The first-order valence-corrected chi connectivity index (χ1v) is 22.5. The molecule has 2 aromatic carbocycles. The molecule has 0 spiro atoms. The molecule has 6 aliphatic rings. The minimum absolute atomic E-state index is 0. The fraction of sp³-hybridized carbons (Fsp3) is 0.698. The predicted octanol–water partition coefficient (Wildman–Crippen LogP) is 11.1. The number of rotatable bonds is 8. The van der Waals surface area contributed by atoms with E-state index in [2.05, 4.69) is 107 Å². The van der Waals surface area contributed by atoms with Crippen molar-refractivity contribution < 1.29 is 25.5 Å². The molecule has 14 atom stereocenters. The van der Waals surface area contributed by atoms with Crippen molar-refractivity contribution >= 4 is 11.1 Å². The van der Waals surface area contributed by atoms with Crippen LogP contribution in [0.4, 0.5) is 0 Å². The van der Waals surface area contributed by atoms with E-state index < -0.39 is 0 Å². The van der Waals surface area contributed by atoms with Gasteiger partial charge < -0.3 is 25.5 Å². The van der Waals surface area contributed by atoms with Crippen molar-refractivity contribution in [2.75, 3.05) is 26.4 Å². The van der Waals surface area contributed by atoms with Crippen LogP contribution in [0.25, 0.3) is 11.1 Å². The molecule has 0 aromatic heterocycles. The van der Waals surface area contributed by atoms with Crippen molar-refractivity contribution in [3.63, 3.8) is 0 Å². The van der Waals surface area contributed by atoms with Gasteiger partial charge in [0.15, 0.2) is 0 Å². The fourth-order valence-corrected chi connectivity index (χ4v) is 14.6. The summed E-state index contributed by atoms with van der Waals surface area (Å²) < 4.78 is 0. The Balaban J connectivity index is 0.000000214. The average Bonchev–Trinajstić information content (AvgIpc) is 3.76. The number of allylic oxidation sites excluding steroid dienone is 4. The summed E-state index contributed by atoms with van der Waals surface area (Å²) in [5.74, 6) is 3.70. The molecule has 4 fully saturated rings. The molecule has 0 heterocycles. The number of aliphatic hydroxyl groups excluding tert-OH is 5. The fourth-order valence-electron chi connectivity index (χ4n) is 14.6. The smallest absolute Gasteiger partial charge is 0.0544 e. The average molecular weight is 799 g/mol. The number of hydrogen-bond donors (Lipinski definition) is 5. The van der Waals surface area contributed by atoms with E-state index in [1.54, 1.807) is 0 Å². The molecule has 324 valence electrons. The van der Waals surface area contributed by atoms with Gasteiger partial charge in [-0.15, -0.1) is 0 Å². The van der Waals surface area contributed by atoms with E-state index in [1.807, 2.05) is 0 Å². The monoisotopic (exact) mass is 799 g/mol. The van der Waals surface area contributed by atoms with Gasteiger partial charge in [0.2, 0.25) is 0 Å². The summed E-state index contributed by atoms with van der Waals surface area (Å²) >= 11 is 0. The van der Waals surface area contributed by atoms with Crippen LogP contribution in [0.1, 0.15) is 138 Å². The van der Waals surface area contributed by atoms with E-state index in [0.29, 0.717) is 54.5 Å². The van der Waals surface area contributed by atoms with E-state index in [0.717, 1.165) is 44.9 Å². The summed E-state index contributed by atoms with van der Waals surface area (Å²) in [6.45, 7) is 12.9. The second kappa shape index (κ2) is 18.8. The van der Waals surface area contributed by atoms with Crippen molar-refractivity contribution in [1.82, 2.24) is 0 Å². The van der Waals surface area contributed by atoms with Crippen LogP contribution in [0.15, 0.2) is 72.8 Å². The quantitative estimate of drug-likeness (QED) is 0.183. The van der Waals surface area contributed by atoms with Gasteiger partial charge in [-0.2, -0.15) is 0 Å². The van der Waals surface area contributed by atoms with Crippen LogP contribution in [0.5, 0.6) is 0 Å². The van der Waals surface area contributed by atoms with E-state index in [4.69, 9.17) is 0 Å². The molecule has 0 saturated heterocycles. The Morgan fingerprint density at radius 3 is 1.34 bits per heavy atom. The van der Waals surface area contributed by atoms with Crippen LogP contribution in [-0.2, 0) is 0 Å². The van der Waals surface area contributed by atoms with Gasteiger partial charge in [-0.3, -0.25) is 0 Å². The number of fused-ring (bicyclic) bond motifs is 2. The molecule has 0 aliphatic heterocycles. The molecule has 0 radical (unpaired) electrons. The predicted molar refractivity (Wildman–Crippen MR) is 242 cm³/mol. The first kappa shape index (κ1) is 46.8. The molecular formula is C53H82O5. The Kier molecular flexibility index (Phi) is 15.1. The maximum atomic E-state index is 10.6. The summed E-state index contributed by atoms with van der Waals surface area (Å²) in [5, 5.41) is 51.5. The zero-order chi connectivity index (χ0) is 39.9. The highest BCUT2D eigenvalue weighted by Gasteiger charge is 2.58. The summed E-state index contributed by atoms with van der Waals surface area (Å²) in [6, 6.07) is 21.6. The standard InChI is InChI=1S/C26H38O2.C25H36O3.2CH4/c1-18-11-13-25(2,20(15-18)16-27)24-12-14-26(3)22(19-7-5-4-6-8-19)9-10-23(26)21(24)17-28;1-24(12-10-19(28)14-18(24)15-26)23-11-13-25(2)21(17-6-4-3-5-7-17)8-9-22(25)20(23)16-27;;/h4-9,18,20-21,23-24,27-28H,10-17H2,1-3H3;3-8,18-20,22-23,26-28H,9-16H2,1-2H3;2*1H4/t18-,20+,21-,23-,24-,25-,26+;18-,19+,20+,22+,23+,24+,25-;;/m01../s1. The minimum atomic E-state index is -0.288. The lowest BCUT2D eigenvalue weighted by Crippen LogP contribution is -2.52. The SMILES string of the molecule is C.C.C[C@H]1CC[C@](C)([C@H]2CC[C@]3(C)C(c4ccccc4)=CC[C@H]3[C@@H]2CO)[C@@H](CO)C1.C[C@]1([C@H]2CC[C@]3(C)C(c4ccccc4)=CC[C@H]3[C@@H]2CO)CC[C@H](O)C[C@@H]1CO. The third kappa shape index (κ3) is 8.11. The van der Waals surface area contributed by atoms with E-state index in [-0.39, 0.29) is 74.3 Å². The topological polar surface area (TPSA) is 101 Å². The molecule has 2 aromatic rings. The molecule has 6 aliphatic carbocycles. The van der Waals surface area contributed by atoms with Crippen LogP contribution in [0, 0.1) is 74.9 Å². The number of benzene rings is 2. The third-order valence-electron chi connectivity index (χ3n) is 18.1. The molecule has 8 rings (SSSR count). The van der Waals surface area contributed by atoms with Crippen LogP contribution in [-0.4, -0.2) is 58.1 Å². The molecule has 0 amide bonds. The molecular weight excluding hydrogens is 717 g/mol. The van der Waals surface area contributed by atoms with E-state index >= 15 is 0 Å². The highest BCUT2D eigenvalue weighted by molar-refractivity contribution is 5.73. The second-order valence-electron chi connectivity index (χ2n) is 20.5.